The summed E-state index contributed by atoms with van der Waals surface area (Å²) in [5.74, 6) is -0.554. The molecule has 0 saturated heterocycles. The summed E-state index contributed by atoms with van der Waals surface area (Å²) in [6.45, 7) is 1.70. The third-order valence-corrected chi connectivity index (χ3v) is 2.23. The lowest BCUT2D eigenvalue weighted by Crippen LogP contribution is -2.32. The molecule has 0 bridgehead atoms. The lowest BCUT2D eigenvalue weighted by atomic mass is 10.2. The molecule has 0 spiro atoms. The normalized spacial score (nSPS) is 11.7. The van der Waals surface area contributed by atoms with Crippen LogP contribution in [0.2, 0.25) is 0 Å². The second-order valence-corrected chi connectivity index (χ2v) is 3.83. The van der Waals surface area contributed by atoms with Gasteiger partial charge in [-0.15, -0.1) is 0 Å². The smallest absolute Gasteiger partial charge is 0.251 e. The maximum absolute atomic E-state index is 11.5. The van der Waals surface area contributed by atoms with Gasteiger partial charge in [-0.3, -0.25) is 9.59 Å². The van der Waals surface area contributed by atoms with Gasteiger partial charge in [-0.05, 0) is 31.2 Å². The van der Waals surface area contributed by atoms with Gasteiger partial charge in [0.15, 0.2) is 0 Å². The minimum atomic E-state index is -0.586. The first-order valence-corrected chi connectivity index (χ1v) is 5.60. The number of nitrogens with two attached hydrogens (primary N) is 1. The van der Waals surface area contributed by atoms with Gasteiger partial charge in [0.25, 0.3) is 5.91 Å². The molecule has 0 fully saturated rings. The standard InChI is InChI=1S/C12H17N3O3/c1-8(13)11(17)15-10-4-2-9(3-5-10)12(18)14-6-7-16/h2-5,8,16H,6-7,13H2,1H3,(H,14,18)(H,15,17)/t8-/m1/s1. The third-order valence-electron chi connectivity index (χ3n) is 2.23. The van der Waals surface area contributed by atoms with E-state index in [1.165, 1.54) is 0 Å². The summed E-state index contributed by atoms with van der Waals surface area (Å²) in [5.41, 5.74) is 6.46. The lowest BCUT2D eigenvalue weighted by Gasteiger charge is -2.08. The Bertz CT molecular complexity index is 415. The summed E-state index contributed by atoms with van der Waals surface area (Å²) in [7, 11) is 0. The van der Waals surface area contributed by atoms with E-state index in [0.717, 1.165) is 0 Å². The Morgan fingerprint density at radius 3 is 2.44 bits per heavy atom. The van der Waals surface area contributed by atoms with Gasteiger partial charge in [-0.25, -0.2) is 0 Å². The average Bonchev–Trinajstić information content (AvgIpc) is 2.36. The van der Waals surface area contributed by atoms with Gasteiger partial charge in [0.1, 0.15) is 0 Å². The van der Waals surface area contributed by atoms with Crippen LogP contribution in [0.25, 0.3) is 0 Å². The van der Waals surface area contributed by atoms with E-state index < -0.39 is 6.04 Å². The van der Waals surface area contributed by atoms with Crippen molar-refractivity contribution in [2.24, 2.45) is 5.73 Å². The molecule has 1 aromatic carbocycles. The summed E-state index contributed by atoms with van der Waals surface area (Å²) < 4.78 is 0. The molecule has 1 atom stereocenters. The Hall–Kier alpha value is -1.92. The van der Waals surface area contributed by atoms with Gasteiger partial charge in [-0.2, -0.15) is 0 Å². The number of benzene rings is 1. The Kier molecular flexibility index (Phi) is 5.29. The first-order chi connectivity index (χ1) is 8.54. The topological polar surface area (TPSA) is 104 Å². The van der Waals surface area contributed by atoms with Crippen LogP contribution in [0, 0.1) is 0 Å². The van der Waals surface area contributed by atoms with E-state index >= 15 is 0 Å². The van der Waals surface area contributed by atoms with E-state index in [1.54, 1.807) is 31.2 Å². The van der Waals surface area contributed by atoms with Crippen LogP contribution in [0.4, 0.5) is 5.69 Å². The molecule has 0 aliphatic carbocycles. The molecular formula is C12H17N3O3. The van der Waals surface area contributed by atoms with Crippen molar-refractivity contribution in [3.8, 4) is 0 Å². The highest BCUT2D eigenvalue weighted by Gasteiger charge is 2.08. The van der Waals surface area contributed by atoms with Crippen molar-refractivity contribution in [1.82, 2.24) is 5.32 Å². The molecule has 98 valence electrons. The Morgan fingerprint density at radius 2 is 1.94 bits per heavy atom. The maximum Gasteiger partial charge on any atom is 0.251 e. The van der Waals surface area contributed by atoms with Crippen LogP contribution in [0.15, 0.2) is 24.3 Å². The second-order valence-electron chi connectivity index (χ2n) is 3.83. The molecule has 0 aliphatic rings. The van der Waals surface area contributed by atoms with E-state index in [9.17, 15) is 9.59 Å². The predicted octanol–water partition coefficient (Wildman–Crippen LogP) is -0.306. The molecular weight excluding hydrogens is 234 g/mol. The molecule has 6 heteroatoms. The number of hydrogen-bond acceptors (Lipinski definition) is 4. The van der Waals surface area contributed by atoms with Crippen molar-refractivity contribution in [3.63, 3.8) is 0 Å². The zero-order valence-electron chi connectivity index (χ0n) is 10.1. The van der Waals surface area contributed by atoms with E-state index in [4.69, 9.17) is 10.8 Å². The molecule has 5 N–H and O–H groups in total. The van der Waals surface area contributed by atoms with Gasteiger partial charge in [0, 0.05) is 17.8 Å². The summed E-state index contributed by atoms with van der Waals surface area (Å²) in [4.78, 5) is 22.8. The number of amides is 2. The molecule has 0 aliphatic heterocycles. The van der Waals surface area contributed by atoms with Crippen molar-refractivity contribution in [2.75, 3.05) is 18.5 Å². The van der Waals surface area contributed by atoms with Crippen LogP contribution in [-0.2, 0) is 4.79 Å². The fourth-order valence-corrected chi connectivity index (χ4v) is 1.23. The number of carbonyl (C=O) groups is 2. The van der Waals surface area contributed by atoms with Crippen LogP contribution in [-0.4, -0.2) is 36.1 Å². The number of aliphatic hydroxyl groups excluding tert-OH is 1. The molecule has 6 nitrogen and oxygen atoms in total. The fourth-order valence-electron chi connectivity index (χ4n) is 1.23. The van der Waals surface area contributed by atoms with E-state index in [1.807, 2.05) is 0 Å². The van der Waals surface area contributed by atoms with Gasteiger partial charge in [-0.1, -0.05) is 0 Å². The zero-order valence-corrected chi connectivity index (χ0v) is 10.1. The van der Waals surface area contributed by atoms with Crippen LogP contribution in [0.3, 0.4) is 0 Å². The predicted molar refractivity (Wildman–Crippen MR) is 68.1 cm³/mol. The molecule has 0 aromatic heterocycles. The number of rotatable bonds is 5. The highest BCUT2D eigenvalue weighted by molar-refractivity contribution is 5.96. The van der Waals surface area contributed by atoms with Crippen LogP contribution in [0.5, 0.6) is 0 Å². The molecule has 18 heavy (non-hydrogen) atoms. The van der Waals surface area contributed by atoms with E-state index in [-0.39, 0.29) is 25.0 Å². The number of carbonyl (C=O) groups excluding carboxylic acids is 2. The number of anilines is 1. The van der Waals surface area contributed by atoms with Crippen molar-refractivity contribution >= 4 is 17.5 Å². The maximum atomic E-state index is 11.5. The Balaban J connectivity index is 2.62. The first-order valence-electron chi connectivity index (χ1n) is 5.60. The van der Waals surface area contributed by atoms with Gasteiger partial charge in [0.2, 0.25) is 5.91 Å². The third kappa shape index (κ3) is 4.15. The first kappa shape index (κ1) is 14.1. The minimum absolute atomic E-state index is 0.103. The fraction of sp³-hybridized carbons (Fsp3) is 0.333. The lowest BCUT2D eigenvalue weighted by molar-refractivity contribution is -0.117. The van der Waals surface area contributed by atoms with Gasteiger partial charge in [0.05, 0.1) is 12.6 Å². The van der Waals surface area contributed by atoms with E-state index in [2.05, 4.69) is 10.6 Å². The van der Waals surface area contributed by atoms with Crippen molar-refractivity contribution in [3.05, 3.63) is 29.8 Å². The average molecular weight is 251 g/mol. The Labute approximate surface area is 105 Å². The zero-order chi connectivity index (χ0) is 13.5. The van der Waals surface area contributed by atoms with E-state index in [0.29, 0.717) is 11.3 Å². The van der Waals surface area contributed by atoms with Gasteiger partial charge < -0.3 is 21.5 Å². The summed E-state index contributed by atoms with van der Waals surface area (Å²) in [6.07, 6.45) is 0. The number of nitrogens with one attached hydrogen (secondary N) is 2. The molecule has 1 aromatic rings. The van der Waals surface area contributed by atoms with Crippen molar-refractivity contribution < 1.29 is 14.7 Å². The molecule has 0 saturated carbocycles. The summed E-state index contributed by atoms with van der Waals surface area (Å²) >= 11 is 0. The molecule has 1 rings (SSSR count). The molecule has 2 amide bonds. The van der Waals surface area contributed by atoms with Crippen LogP contribution < -0.4 is 16.4 Å². The largest absolute Gasteiger partial charge is 0.395 e. The van der Waals surface area contributed by atoms with Crippen LogP contribution in [0.1, 0.15) is 17.3 Å². The molecule has 0 radical (unpaired) electrons. The SMILES string of the molecule is C[C@@H](N)C(=O)Nc1ccc(C(=O)NCCO)cc1. The van der Waals surface area contributed by atoms with Crippen LogP contribution >= 0.6 is 0 Å². The molecule has 0 unspecified atom stereocenters. The quantitative estimate of drug-likeness (QED) is 0.576. The minimum Gasteiger partial charge on any atom is -0.395 e. The van der Waals surface area contributed by atoms with Crippen molar-refractivity contribution in [1.29, 1.82) is 0 Å². The highest BCUT2D eigenvalue weighted by atomic mass is 16.3. The Morgan fingerprint density at radius 1 is 1.33 bits per heavy atom. The second kappa shape index (κ2) is 6.73. The monoisotopic (exact) mass is 251 g/mol. The molecule has 0 heterocycles. The number of hydrogen-bond donors (Lipinski definition) is 4. The number of aliphatic hydroxyl groups is 1. The van der Waals surface area contributed by atoms with Gasteiger partial charge >= 0.3 is 0 Å². The van der Waals surface area contributed by atoms with Crippen molar-refractivity contribution in [2.45, 2.75) is 13.0 Å². The summed E-state index contributed by atoms with van der Waals surface area (Å²) in [5, 5.41) is 13.7. The summed E-state index contributed by atoms with van der Waals surface area (Å²) in [6, 6.07) is 5.83. The highest BCUT2D eigenvalue weighted by Crippen LogP contribution is 2.09.